The number of benzene rings is 3. The Balaban J connectivity index is 1.70. The van der Waals surface area contributed by atoms with Crippen LogP contribution in [0.3, 0.4) is 0 Å². The van der Waals surface area contributed by atoms with Gasteiger partial charge in [-0.25, -0.2) is 8.42 Å². The molecule has 0 unspecified atom stereocenters. The first-order valence-corrected chi connectivity index (χ1v) is 15.1. The number of hydrogen-bond donors (Lipinski definition) is 1. The summed E-state index contributed by atoms with van der Waals surface area (Å²) in [7, 11) is -1.16. The van der Waals surface area contributed by atoms with E-state index >= 15 is 0 Å². The number of sulfonamides is 1. The van der Waals surface area contributed by atoms with Gasteiger partial charge in [-0.2, -0.15) is 0 Å². The van der Waals surface area contributed by atoms with Crippen LogP contribution in [0.15, 0.2) is 83.8 Å². The summed E-state index contributed by atoms with van der Waals surface area (Å²) in [4.78, 5) is 28.9. The molecule has 0 spiro atoms. The average molecular weight is 580 g/mol. The summed E-state index contributed by atoms with van der Waals surface area (Å²) in [6.07, 6.45) is 3.92. The van der Waals surface area contributed by atoms with Crippen molar-refractivity contribution in [3.63, 3.8) is 0 Å². The minimum absolute atomic E-state index is 0.0347. The topological polar surface area (TPSA) is 105 Å². The van der Waals surface area contributed by atoms with Crippen molar-refractivity contribution in [3.05, 3.63) is 84.4 Å². The number of methoxy groups -OCH3 is 2. The van der Waals surface area contributed by atoms with Gasteiger partial charge in [0, 0.05) is 12.6 Å². The van der Waals surface area contributed by atoms with Crippen molar-refractivity contribution >= 4 is 27.5 Å². The van der Waals surface area contributed by atoms with Crippen LogP contribution in [-0.2, 0) is 26.2 Å². The molecule has 1 atom stereocenters. The highest BCUT2D eigenvalue weighted by atomic mass is 32.2. The third kappa shape index (κ3) is 7.18. The van der Waals surface area contributed by atoms with Crippen molar-refractivity contribution in [2.45, 2.75) is 56.1 Å². The molecule has 4 rings (SSSR count). The molecule has 0 heterocycles. The lowest BCUT2D eigenvalue weighted by Crippen LogP contribution is -2.52. The summed E-state index contributed by atoms with van der Waals surface area (Å²) in [5, 5.41) is 3.07. The zero-order valence-electron chi connectivity index (χ0n) is 23.7. The number of rotatable bonds is 12. The standard InChI is InChI=1S/C31H37N3O6S/c1-23(31(36)32-25-11-7-8-12-25)33(21-24-17-19-26(39-2)20-18-24)30(35)22-34(28-15-9-10-16-29(28)40-3)41(37,38)27-13-5-4-6-14-27/h4-6,9-10,13-20,23,25H,7-8,11-12,21-22H2,1-3H3,(H,32,36)/t23-/m1/s1. The Labute approximate surface area is 242 Å². The van der Waals surface area contributed by atoms with Crippen LogP contribution >= 0.6 is 0 Å². The molecule has 3 aromatic rings. The van der Waals surface area contributed by atoms with Gasteiger partial charge in [0.2, 0.25) is 11.8 Å². The summed E-state index contributed by atoms with van der Waals surface area (Å²) in [6, 6.07) is 21.0. The van der Waals surface area contributed by atoms with Gasteiger partial charge in [0.15, 0.2) is 0 Å². The first kappa shape index (κ1) is 29.9. The lowest BCUT2D eigenvalue weighted by Gasteiger charge is -2.32. The molecule has 9 nitrogen and oxygen atoms in total. The molecule has 41 heavy (non-hydrogen) atoms. The lowest BCUT2D eigenvalue weighted by molar-refractivity contribution is -0.139. The van der Waals surface area contributed by atoms with Gasteiger partial charge in [-0.1, -0.05) is 55.3 Å². The Morgan fingerprint density at radius 3 is 2.17 bits per heavy atom. The Bertz CT molecular complexity index is 1420. The van der Waals surface area contributed by atoms with Gasteiger partial charge >= 0.3 is 0 Å². The van der Waals surface area contributed by atoms with Gasteiger partial charge in [-0.15, -0.1) is 0 Å². The van der Waals surface area contributed by atoms with Gasteiger partial charge in [-0.3, -0.25) is 13.9 Å². The maximum absolute atomic E-state index is 14.1. The second-order valence-corrected chi connectivity index (χ2v) is 11.9. The molecular formula is C31H37N3O6S. The SMILES string of the molecule is COc1ccc(CN(C(=O)CN(c2ccccc2OC)S(=O)(=O)c2ccccc2)[C@H](C)C(=O)NC2CCCC2)cc1. The molecule has 3 aromatic carbocycles. The fraction of sp³-hybridized carbons (Fsp3) is 0.355. The van der Waals surface area contributed by atoms with Crippen LogP contribution in [0.1, 0.15) is 38.2 Å². The van der Waals surface area contributed by atoms with Crippen LogP contribution in [0.4, 0.5) is 5.69 Å². The van der Waals surface area contributed by atoms with Crippen LogP contribution in [0.2, 0.25) is 0 Å². The number of carbonyl (C=O) groups excluding carboxylic acids is 2. The van der Waals surface area contributed by atoms with E-state index in [1.54, 1.807) is 68.6 Å². The molecule has 0 saturated heterocycles. The summed E-state index contributed by atoms with van der Waals surface area (Å²) in [5.74, 6) is 0.164. The van der Waals surface area contributed by atoms with Crippen LogP contribution in [-0.4, -0.2) is 58.0 Å². The fourth-order valence-corrected chi connectivity index (χ4v) is 6.42. The Hall–Kier alpha value is -4.05. The summed E-state index contributed by atoms with van der Waals surface area (Å²) in [6.45, 7) is 1.24. The minimum Gasteiger partial charge on any atom is -0.497 e. The molecule has 1 N–H and O–H groups in total. The van der Waals surface area contributed by atoms with E-state index in [-0.39, 0.29) is 29.1 Å². The van der Waals surface area contributed by atoms with Crippen molar-refractivity contribution in [2.75, 3.05) is 25.1 Å². The second-order valence-electron chi connectivity index (χ2n) is 10.0. The first-order valence-electron chi connectivity index (χ1n) is 13.7. The molecule has 0 aromatic heterocycles. The molecule has 0 aliphatic heterocycles. The number of amides is 2. The van der Waals surface area contributed by atoms with Crippen LogP contribution < -0.4 is 19.1 Å². The van der Waals surface area contributed by atoms with Crippen molar-refractivity contribution < 1.29 is 27.5 Å². The van der Waals surface area contributed by atoms with Crippen molar-refractivity contribution in [2.24, 2.45) is 0 Å². The normalized spacial score (nSPS) is 14.2. The number of carbonyl (C=O) groups is 2. The van der Waals surface area contributed by atoms with E-state index in [4.69, 9.17) is 9.47 Å². The third-order valence-corrected chi connectivity index (χ3v) is 9.12. The Morgan fingerprint density at radius 2 is 1.54 bits per heavy atom. The minimum atomic E-state index is -4.17. The summed E-state index contributed by atoms with van der Waals surface area (Å²) in [5.41, 5.74) is 0.995. The molecule has 0 radical (unpaired) electrons. The maximum Gasteiger partial charge on any atom is 0.264 e. The molecule has 0 bridgehead atoms. The molecule has 1 aliphatic carbocycles. The van der Waals surface area contributed by atoms with Crippen LogP contribution in [0.25, 0.3) is 0 Å². The molecule has 1 fully saturated rings. The van der Waals surface area contributed by atoms with Gasteiger partial charge in [-0.05, 0) is 61.7 Å². The summed E-state index contributed by atoms with van der Waals surface area (Å²) >= 11 is 0. The van der Waals surface area contributed by atoms with Gasteiger partial charge in [0.1, 0.15) is 24.1 Å². The average Bonchev–Trinajstić information content (AvgIpc) is 3.52. The third-order valence-electron chi connectivity index (χ3n) is 7.34. The predicted octanol–water partition coefficient (Wildman–Crippen LogP) is 4.38. The largest absolute Gasteiger partial charge is 0.497 e. The van der Waals surface area contributed by atoms with E-state index in [2.05, 4.69) is 5.32 Å². The Kier molecular flexibility index (Phi) is 9.88. The van der Waals surface area contributed by atoms with E-state index in [0.29, 0.717) is 11.5 Å². The van der Waals surface area contributed by atoms with Crippen molar-refractivity contribution in [1.82, 2.24) is 10.2 Å². The lowest BCUT2D eigenvalue weighted by atomic mass is 10.1. The molecule has 218 valence electrons. The van der Waals surface area contributed by atoms with E-state index in [1.807, 2.05) is 12.1 Å². The fourth-order valence-electron chi connectivity index (χ4n) is 4.97. The van der Waals surface area contributed by atoms with Gasteiger partial charge in [0.05, 0.1) is 24.8 Å². The second kappa shape index (κ2) is 13.5. The van der Waals surface area contributed by atoms with E-state index in [1.165, 1.54) is 24.1 Å². The maximum atomic E-state index is 14.1. The number of para-hydroxylation sites is 2. The van der Waals surface area contributed by atoms with E-state index < -0.39 is 28.5 Å². The number of ether oxygens (including phenoxy) is 2. The summed E-state index contributed by atoms with van der Waals surface area (Å²) < 4.78 is 39.6. The van der Waals surface area contributed by atoms with E-state index in [0.717, 1.165) is 35.6 Å². The highest BCUT2D eigenvalue weighted by Crippen LogP contribution is 2.32. The molecule has 1 aliphatic rings. The number of hydrogen-bond acceptors (Lipinski definition) is 6. The van der Waals surface area contributed by atoms with Gasteiger partial charge in [0.25, 0.3) is 10.0 Å². The smallest absolute Gasteiger partial charge is 0.264 e. The van der Waals surface area contributed by atoms with Gasteiger partial charge < -0.3 is 19.7 Å². The van der Waals surface area contributed by atoms with Crippen molar-refractivity contribution in [3.8, 4) is 11.5 Å². The van der Waals surface area contributed by atoms with E-state index in [9.17, 15) is 18.0 Å². The number of anilines is 1. The number of nitrogens with zero attached hydrogens (tertiary/aromatic N) is 2. The molecule has 10 heteroatoms. The predicted molar refractivity (Wildman–Crippen MR) is 157 cm³/mol. The van der Waals surface area contributed by atoms with Crippen LogP contribution in [0.5, 0.6) is 11.5 Å². The zero-order chi connectivity index (χ0) is 29.4. The Morgan fingerprint density at radius 1 is 0.902 bits per heavy atom. The molecule has 1 saturated carbocycles. The highest BCUT2D eigenvalue weighted by Gasteiger charge is 2.34. The monoisotopic (exact) mass is 579 g/mol. The van der Waals surface area contributed by atoms with Crippen molar-refractivity contribution in [1.29, 1.82) is 0 Å². The first-order chi connectivity index (χ1) is 19.7. The number of nitrogens with one attached hydrogen (secondary N) is 1. The molecule has 2 amide bonds. The highest BCUT2D eigenvalue weighted by molar-refractivity contribution is 7.92. The quantitative estimate of drug-likeness (QED) is 0.342. The zero-order valence-corrected chi connectivity index (χ0v) is 24.5. The molecular weight excluding hydrogens is 542 g/mol. The van der Waals surface area contributed by atoms with Crippen LogP contribution in [0, 0.1) is 0 Å².